The summed E-state index contributed by atoms with van der Waals surface area (Å²) >= 11 is 0. The maximum atomic E-state index is 6.55. The lowest BCUT2D eigenvalue weighted by molar-refractivity contribution is 0.487. The van der Waals surface area contributed by atoms with Gasteiger partial charge in [-0.3, -0.25) is 0 Å². The molecular weight excluding hydrogens is 623 g/mol. The van der Waals surface area contributed by atoms with Gasteiger partial charge in [0.05, 0.1) is 0 Å². The lowest BCUT2D eigenvalue weighted by Gasteiger charge is -2.23. The minimum absolute atomic E-state index is 0.615. The zero-order valence-corrected chi connectivity index (χ0v) is 27.5. The van der Waals surface area contributed by atoms with Crippen molar-refractivity contribution in [2.24, 2.45) is 0 Å². The average molecular weight is 652 g/mol. The normalized spacial score (nSPS) is 11.7. The molecule has 10 rings (SSSR count). The van der Waals surface area contributed by atoms with Crippen LogP contribution in [0.1, 0.15) is 0 Å². The first-order valence-electron chi connectivity index (χ1n) is 17.1. The standard InChI is InChI=1S/C47H29N3O/c1-4-12-30(13-5-1)33-23-26-42-41(29-33)39-21-11-20-38-40(25-27-43(51-42)44(38)39)47-49-45(32-16-8-3-9-17-32)48-46(50-47)35-22-24-37-34(28-35)18-10-19-36(37)31-14-6-2-7-15-31/h1-29H. The van der Waals surface area contributed by atoms with Crippen LogP contribution in [-0.4, -0.2) is 15.0 Å². The van der Waals surface area contributed by atoms with E-state index in [1.54, 1.807) is 0 Å². The second-order valence-corrected chi connectivity index (χ2v) is 12.8. The van der Waals surface area contributed by atoms with Gasteiger partial charge in [-0.1, -0.05) is 146 Å². The summed E-state index contributed by atoms with van der Waals surface area (Å²) in [5.41, 5.74) is 9.70. The van der Waals surface area contributed by atoms with Gasteiger partial charge in [0.2, 0.25) is 0 Å². The fourth-order valence-corrected chi connectivity index (χ4v) is 7.27. The third-order valence-corrected chi connectivity index (χ3v) is 9.73. The van der Waals surface area contributed by atoms with Crippen molar-refractivity contribution < 1.29 is 4.74 Å². The maximum Gasteiger partial charge on any atom is 0.164 e. The van der Waals surface area contributed by atoms with E-state index in [1.165, 1.54) is 22.1 Å². The molecule has 0 radical (unpaired) electrons. The van der Waals surface area contributed by atoms with Crippen LogP contribution in [0, 0.1) is 0 Å². The number of nitrogens with zero attached hydrogens (tertiary/aromatic N) is 3. The summed E-state index contributed by atoms with van der Waals surface area (Å²) < 4.78 is 6.55. The Kier molecular flexibility index (Phi) is 6.78. The van der Waals surface area contributed by atoms with Crippen molar-refractivity contribution >= 4 is 21.5 Å². The second kappa shape index (κ2) is 11.9. The molecule has 4 heteroatoms. The number of rotatable bonds is 5. The van der Waals surface area contributed by atoms with E-state index in [1.807, 2.05) is 48.5 Å². The van der Waals surface area contributed by atoms with Crippen molar-refractivity contribution in [3.63, 3.8) is 0 Å². The van der Waals surface area contributed by atoms with Gasteiger partial charge in [-0.05, 0) is 74.3 Å². The fourth-order valence-electron chi connectivity index (χ4n) is 7.27. The summed E-state index contributed by atoms with van der Waals surface area (Å²) in [6, 6.07) is 61.0. The Morgan fingerprint density at radius 1 is 0.314 bits per heavy atom. The summed E-state index contributed by atoms with van der Waals surface area (Å²) in [6.07, 6.45) is 0. The van der Waals surface area contributed by atoms with Gasteiger partial charge in [0, 0.05) is 27.6 Å². The zero-order valence-electron chi connectivity index (χ0n) is 27.5. The molecule has 0 amide bonds. The Morgan fingerprint density at radius 2 is 0.941 bits per heavy atom. The minimum Gasteiger partial charge on any atom is -0.456 e. The molecule has 0 atom stereocenters. The van der Waals surface area contributed by atoms with E-state index in [0.29, 0.717) is 17.5 Å². The van der Waals surface area contributed by atoms with E-state index in [9.17, 15) is 0 Å². The highest BCUT2D eigenvalue weighted by atomic mass is 16.5. The van der Waals surface area contributed by atoms with Gasteiger partial charge in [0.25, 0.3) is 0 Å². The van der Waals surface area contributed by atoms with Gasteiger partial charge in [-0.2, -0.15) is 0 Å². The van der Waals surface area contributed by atoms with E-state index in [0.717, 1.165) is 61.0 Å². The highest BCUT2D eigenvalue weighted by molar-refractivity contribution is 6.09. The lowest BCUT2D eigenvalue weighted by Crippen LogP contribution is -2.02. The molecule has 0 spiro atoms. The Labute approximate surface area is 295 Å². The lowest BCUT2D eigenvalue weighted by atomic mass is 9.90. The van der Waals surface area contributed by atoms with Gasteiger partial charge in [0.1, 0.15) is 11.5 Å². The fraction of sp³-hybridized carbons (Fsp3) is 0. The molecule has 4 nitrogen and oxygen atoms in total. The Bertz CT molecular complexity index is 2760. The molecule has 1 aliphatic rings. The SMILES string of the molecule is c1ccc(-c2ccc3c(c2)-c2cccc4c(-c5nc(-c6ccccc6)nc(-c6ccc7c(-c8ccccc8)cccc7c6)n5)ccc(c24)O3)cc1. The number of aromatic nitrogens is 3. The van der Waals surface area contributed by atoms with Crippen LogP contribution in [0.5, 0.6) is 11.5 Å². The third-order valence-electron chi connectivity index (χ3n) is 9.73. The summed E-state index contributed by atoms with van der Waals surface area (Å²) in [5, 5.41) is 4.40. The van der Waals surface area contributed by atoms with Gasteiger partial charge < -0.3 is 4.74 Å². The second-order valence-electron chi connectivity index (χ2n) is 12.8. The van der Waals surface area contributed by atoms with E-state index in [2.05, 4.69) is 127 Å². The van der Waals surface area contributed by atoms with Crippen molar-refractivity contribution in [3.05, 3.63) is 176 Å². The predicted octanol–water partition coefficient (Wildman–Crippen LogP) is 12.3. The Hall–Kier alpha value is -6.91. The summed E-state index contributed by atoms with van der Waals surface area (Å²) in [4.78, 5) is 15.3. The van der Waals surface area contributed by atoms with Crippen LogP contribution in [-0.2, 0) is 0 Å². The van der Waals surface area contributed by atoms with E-state index >= 15 is 0 Å². The molecule has 51 heavy (non-hydrogen) atoms. The van der Waals surface area contributed by atoms with Crippen LogP contribution in [0.15, 0.2) is 176 Å². The average Bonchev–Trinajstić information content (AvgIpc) is 3.21. The molecule has 0 saturated carbocycles. The van der Waals surface area contributed by atoms with E-state index in [-0.39, 0.29) is 0 Å². The molecule has 0 fully saturated rings. The van der Waals surface area contributed by atoms with Gasteiger partial charge in [-0.25, -0.2) is 15.0 Å². The molecule has 9 aromatic rings. The molecule has 0 aliphatic carbocycles. The summed E-state index contributed by atoms with van der Waals surface area (Å²) in [5.74, 6) is 3.54. The van der Waals surface area contributed by atoms with Crippen LogP contribution in [0.2, 0.25) is 0 Å². The van der Waals surface area contributed by atoms with Crippen molar-refractivity contribution in [1.29, 1.82) is 0 Å². The van der Waals surface area contributed by atoms with E-state index in [4.69, 9.17) is 19.7 Å². The van der Waals surface area contributed by atoms with Crippen LogP contribution in [0.3, 0.4) is 0 Å². The smallest absolute Gasteiger partial charge is 0.164 e. The predicted molar refractivity (Wildman–Crippen MR) is 208 cm³/mol. The van der Waals surface area contributed by atoms with Crippen molar-refractivity contribution in [2.75, 3.05) is 0 Å². The van der Waals surface area contributed by atoms with Crippen molar-refractivity contribution in [2.45, 2.75) is 0 Å². The van der Waals surface area contributed by atoms with Crippen LogP contribution < -0.4 is 4.74 Å². The first kappa shape index (κ1) is 29.0. The molecule has 0 bridgehead atoms. The molecule has 1 aliphatic heterocycles. The monoisotopic (exact) mass is 651 g/mol. The van der Waals surface area contributed by atoms with Gasteiger partial charge in [0.15, 0.2) is 17.5 Å². The van der Waals surface area contributed by atoms with Gasteiger partial charge >= 0.3 is 0 Å². The van der Waals surface area contributed by atoms with E-state index < -0.39 is 0 Å². The van der Waals surface area contributed by atoms with Crippen LogP contribution in [0.4, 0.5) is 0 Å². The molecule has 0 saturated heterocycles. The molecular formula is C47H29N3O. The van der Waals surface area contributed by atoms with Crippen LogP contribution in [0.25, 0.3) is 89.1 Å². The molecule has 8 aromatic carbocycles. The molecule has 0 unspecified atom stereocenters. The highest BCUT2D eigenvalue weighted by Crippen LogP contribution is 2.49. The molecule has 238 valence electrons. The third kappa shape index (κ3) is 5.04. The Balaban J connectivity index is 1.14. The number of benzene rings is 8. The molecule has 1 aromatic heterocycles. The number of hydrogen-bond acceptors (Lipinski definition) is 4. The molecule has 2 heterocycles. The quantitative estimate of drug-likeness (QED) is 0.186. The van der Waals surface area contributed by atoms with Crippen molar-refractivity contribution in [1.82, 2.24) is 15.0 Å². The number of fused-ring (bicyclic) bond motifs is 3. The summed E-state index contributed by atoms with van der Waals surface area (Å²) in [7, 11) is 0. The largest absolute Gasteiger partial charge is 0.456 e. The topological polar surface area (TPSA) is 47.9 Å². The summed E-state index contributed by atoms with van der Waals surface area (Å²) in [6.45, 7) is 0. The zero-order chi connectivity index (χ0) is 33.7. The van der Waals surface area contributed by atoms with Gasteiger partial charge in [-0.15, -0.1) is 0 Å². The minimum atomic E-state index is 0.615. The first-order chi connectivity index (χ1) is 25.3. The maximum absolute atomic E-state index is 6.55. The highest BCUT2D eigenvalue weighted by Gasteiger charge is 2.24. The molecule has 0 N–H and O–H groups in total. The number of hydrogen-bond donors (Lipinski definition) is 0. The number of ether oxygens (including phenoxy) is 1. The Morgan fingerprint density at radius 3 is 1.73 bits per heavy atom. The van der Waals surface area contributed by atoms with Crippen LogP contribution >= 0.6 is 0 Å². The first-order valence-corrected chi connectivity index (χ1v) is 17.1. The van der Waals surface area contributed by atoms with Crippen molar-refractivity contribution in [3.8, 4) is 79.0 Å².